The topological polar surface area (TPSA) is 64.4 Å². The molecule has 0 radical (unpaired) electrons. The number of nitrogens with one attached hydrogen (secondary N) is 1. The van der Waals surface area contributed by atoms with Gasteiger partial charge in [-0.15, -0.1) is 0 Å². The fourth-order valence-electron chi connectivity index (χ4n) is 2.09. The summed E-state index contributed by atoms with van der Waals surface area (Å²) < 4.78 is 10.5. The third-order valence-corrected chi connectivity index (χ3v) is 3.08. The second-order valence-corrected chi connectivity index (χ2v) is 4.60. The number of oxazole rings is 1. The lowest BCUT2D eigenvalue weighted by atomic mass is 10.2. The molecule has 0 bridgehead atoms. The van der Waals surface area contributed by atoms with Crippen molar-refractivity contribution in [1.82, 2.24) is 4.98 Å². The van der Waals surface area contributed by atoms with Crippen LogP contribution in [0.1, 0.15) is 16.2 Å². The molecular weight excluding hydrogens is 268 g/mol. The van der Waals surface area contributed by atoms with Crippen LogP contribution in [0.2, 0.25) is 0 Å². The van der Waals surface area contributed by atoms with Crippen LogP contribution in [0.4, 0.5) is 5.69 Å². The number of amides is 1. The normalized spacial score (nSPS) is 10.6. The molecule has 0 spiro atoms. The third kappa shape index (κ3) is 2.72. The van der Waals surface area contributed by atoms with Gasteiger partial charge in [0.2, 0.25) is 0 Å². The van der Waals surface area contributed by atoms with Crippen molar-refractivity contribution < 1.29 is 13.9 Å². The Labute approximate surface area is 121 Å². The number of fused-ring (bicyclic) bond motifs is 1. The number of rotatable bonds is 3. The smallest absolute Gasteiger partial charge is 0.255 e. The van der Waals surface area contributed by atoms with Crippen LogP contribution in [0.5, 0.6) is 5.75 Å². The Balaban J connectivity index is 1.85. The predicted octanol–water partition coefficient (Wildman–Crippen LogP) is 3.40. The molecule has 1 N–H and O–H groups in total. The Bertz CT molecular complexity index is 808. The maximum atomic E-state index is 12.3. The lowest BCUT2D eigenvalue weighted by Gasteiger charge is -2.06. The standard InChI is InChI=1S/C16H14N2O3/c1-10-17-14-8-11(6-7-15(14)21-10)16(19)18-12-4-3-5-13(9-12)20-2/h3-9H,1-2H3,(H,18,19). The van der Waals surface area contributed by atoms with Crippen LogP contribution in [0.15, 0.2) is 46.9 Å². The molecule has 0 saturated carbocycles. The summed E-state index contributed by atoms with van der Waals surface area (Å²) in [5.74, 6) is 1.07. The molecule has 0 saturated heterocycles. The van der Waals surface area contributed by atoms with E-state index in [1.807, 2.05) is 12.1 Å². The first kappa shape index (κ1) is 13.2. The van der Waals surface area contributed by atoms with E-state index in [2.05, 4.69) is 10.3 Å². The molecule has 0 atom stereocenters. The fourth-order valence-corrected chi connectivity index (χ4v) is 2.09. The van der Waals surface area contributed by atoms with Gasteiger partial charge in [-0.2, -0.15) is 0 Å². The Morgan fingerprint density at radius 1 is 1.24 bits per heavy atom. The molecule has 0 fully saturated rings. The number of aromatic nitrogens is 1. The Morgan fingerprint density at radius 3 is 2.90 bits per heavy atom. The molecule has 1 heterocycles. The molecule has 106 valence electrons. The molecule has 3 rings (SSSR count). The average Bonchev–Trinajstić information content (AvgIpc) is 2.86. The highest BCUT2D eigenvalue weighted by Gasteiger charge is 2.10. The molecule has 1 amide bonds. The van der Waals surface area contributed by atoms with E-state index in [-0.39, 0.29) is 5.91 Å². The molecule has 0 aliphatic carbocycles. The van der Waals surface area contributed by atoms with Crippen molar-refractivity contribution in [1.29, 1.82) is 0 Å². The fraction of sp³-hybridized carbons (Fsp3) is 0.125. The first-order valence-electron chi connectivity index (χ1n) is 6.48. The molecule has 3 aromatic rings. The summed E-state index contributed by atoms with van der Waals surface area (Å²) in [6.07, 6.45) is 0. The van der Waals surface area contributed by atoms with E-state index < -0.39 is 0 Å². The zero-order chi connectivity index (χ0) is 14.8. The van der Waals surface area contributed by atoms with Crippen LogP contribution in [0.25, 0.3) is 11.1 Å². The minimum absolute atomic E-state index is 0.203. The number of aryl methyl sites for hydroxylation is 1. The van der Waals surface area contributed by atoms with Gasteiger partial charge in [0.25, 0.3) is 5.91 Å². The maximum absolute atomic E-state index is 12.3. The molecule has 1 aromatic heterocycles. The van der Waals surface area contributed by atoms with Crippen LogP contribution in [0.3, 0.4) is 0 Å². The number of hydrogen-bond acceptors (Lipinski definition) is 4. The van der Waals surface area contributed by atoms with Gasteiger partial charge in [-0.05, 0) is 30.3 Å². The summed E-state index contributed by atoms with van der Waals surface area (Å²) in [6, 6.07) is 12.4. The highest BCUT2D eigenvalue weighted by Crippen LogP contribution is 2.20. The second kappa shape index (κ2) is 5.28. The van der Waals surface area contributed by atoms with E-state index in [0.717, 1.165) is 0 Å². The highest BCUT2D eigenvalue weighted by molar-refractivity contribution is 6.05. The second-order valence-electron chi connectivity index (χ2n) is 4.60. The van der Waals surface area contributed by atoms with Crippen molar-refractivity contribution in [2.45, 2.75) is 6.92 Å². The number of ether oxygens (including phenoxy) is 1. The summed E-state index contributed by atoms with van der Waals surface area (Å²) in [7, 11) is 1.59. The van der Waals surface area contributed by atoms with Gasteiger partial charge in [-0.25, -0.2) is 4.98 Å². The minimum atomic E-state index is -0.203. The first-order chi connectivity index (χ1) is 10.2. The SMILES string of the molecule is COc1cccc(NC(=O)c2ccc3oc(C)nc3c2)c1. The number of methoxy groups -OCH3 is 1. The average molecular weight is 282 g/mol. The lowest BCUT2D eigenvalue weighted by molar-refractivity contribution is 0.102. The van der Waals surface area contributed by atoms with Gasteiger partial charge in [0.1, 0.15) is 11.3 Å². The van der Waals surface area contributed by atoms with Crippen LogP contribution in [-0.4, -0.2) is 18.0 Å². The van der Waals surface area contributed by atoms with Crippen molar-refractivity contribution in [3.8, 4) is 5.75 Å². The monoisotopic (exact) mass is 282 g/mol. The van der Waals surface area contributed by atoms with Crippen molar-refractivity contribution in [2.75, 3.05) is 12.4 Å². The molecule has 2 aromatic carbocycles. The zero-order valence-electron chi connectivity index (χ0n) is 11.7. The summed E-state index contributed by atoms with van der Waals surface area (Å²) >= 11 is 0. The number of anilines is 1. The molecule has 0 aliphatic rings. The van der Waals surface area contributed by atoms with Crippen molar-refractivity contribution in [3.63, 3.8) is 0 Å². The van der Waals surface area contributed by atoms with E-state index in [0.29, 0.717) is 34.0 Å². The first-order valence-corrected chi connectivity index (χ1v) is 6.48. The van der Waals surface area contributed by atoms with Gasteiger partial charge in [0.05, 0.1) is 7.11 Å². The van der Waals surface area contributed by atoms with Crippen molar-refractivity contribution in [3.05, 3.63) is 53.9 Å². The number of carbonyl (C=O) groups excluding carboxylic acids is 1. The van der Waals surface area contributed by atoms with Gasteiger partial charge < -0.3 is 14.5 Å². The Morgan fingerprint density at radius 2 is 2.10 bits per heavy atom. The van der Waals surface area contributed by atoms with Gasteiger partial charge in [0.15, 0.2) is 11.5 Å². The minimum Gasteiger partial charge on any atom is -0.497 e. The molecule has 5 nitrogen and oxygen atoms in total. The van der Waals surface area contributed by atoms with Gasteiger partial charge in [0, 0.05) is 24.2 Å². The van der Waals surface area contributed by atoms with E-state index in [4.69, 9.17) is 9.15 Å². The lowest BCUT2D eigenvalue weighted by Crippen LogP contribution is -2.11. The molecule has 0 unspecified atom stereocenters. The number of nitrogens with zero attached hydrogens (tertiary/aromatic N) is 1. The summed E-state index contributed by atoms with van der Waals surface area (Å²) in [6.45, 7) is 1.77. The molecule has 21 heavy (non-hydrogen) atoms. The molecule has 5 heteroatoms. The van der Waals surface area contributed by atoms with Crippen LogP contribution < -0.4 is 10.1 Å². The van der Waals surface area contributed by atoms with E-state index in [1.54, 1.807) is 44.4 Å². The van der Waals surface area contributed by atoms with Crippen LogP contribution in [0, 0.1) is 6.92 Å². The quantitative estimate of drug-likeness (QED) is 0.799. The van der Waals surface area contributed by atoms with Crippen LogP contribution >= 0.6 is 0 Å². The third-order valence-electron chi connectivity index (χ3n) is 3.08. The maximum Gasteiger partial charge on any atom is 0.255 e. The zero-order valence-corrected chi connectivity index (χ0v) is 11.7. The van der Waals surface area contributed by atoms with E-state index in [9.17, 15) is 4.79 Å². The van der Waals surface area contributed by atoms with Gasteiger partial charge in [-0.3, -0.25) is 4.79 Å². The van der Waals surface area contributed by atoms with Gasteiger partial charge in [-0.1, -0.05) is 6.07 Å². The van der Waals surface area contributed by atoms with Crippen molar-refractivity contribution >= 4 is 22.7 Å². The van der Waals surface area contributed by atoms with Crippen molar-refractivity contribution in [2.24, 2.45) is 0 Å². The summed E-state index contributed by atoms with van der Waals surface area (Å²) in [5, 5.41) is 2.83. The highest BCUT2D eigenvalue weighted by atomic mass is 16.5. The Hall–Kier alpha value is -2.82. The largest absolute Gasteiger partial charge is 0.497 e. The summed E-state index contributed by atoms with van der Waals surface area (Å²) in [5.41, 5.74) is 2.55. The summed E-state index contributed by atoms with van der Waals surface area (Å²) in [4.78, 5) is 16.5. The van der Waals surface area contributed by atoms with E-state index >= 15 is 0 Å². The number of benzene rings is 2. The number of carbonyl (C=O) groups is 1. The van der Waals surface area contributed by atoms with E-state index in [1.165, 1.54) is 0 Å². The molecular formula is C16H14N2O3. The number of hydrogen-bond donors (Lipinski definition) is 1. The van der Waals surface area contributed by atoms with Gasteiger partial charge >= 0.3 is 0 Å². The van der Waals surface area contributed by atoms with Crippen LogP contribution in [-0.2, 0) is 0 Å². The molecule has 0 aliphatic heterocycles. The Kier molecular flexibility index (Phi) is 3.31. The predicted molar refractivity (Wildman–Crippen MR) is 79.7 cm³/mol.